The van der Waals surface area contributed by atoms with E-state index >= 15 is 0 Å². The van der Waals surface area contributed by atoms with E-state index in [1.54, 1.807) is 10.7 Å². The molecule has 0 saturated carbocycles. The summed E-state index contributed by atoms with van der Waals surface area (Å²) in [5, 5.41) is 17.4. The molecule has 27 heavy (non-hydrogen) atoms. The van der Waals surface area contributed by atoms with Crippen LogP contribution in [0.4, 0.5) is 10.8 Å². The Morgan fingerprint density at radius 3 is 3.00 bits per heavy atom. The van der Waals surface area contributed by atoms with Crippen molar-refractivity contribution in [3.8, 4) is 0 Å². The van der Waals surface area contributed by atoms with Crippen LogP contribution in [0.2, 0.25) is 0 Å². The molecule has 7 nitrogen and oxygen atoms in total. The number of nitrogens with one attached hydrogen (secondary N) is 1. The van der Waals surface area contributed by atoms with Crippen molar-refractivity contribution in [2.24, 2.45) is 0 Å². The van der Waals surface area contributed by atoms with Gasteiger partial charge in [-0.2, -0.15) is 4.52 Å². The van der Waals surface area contributed by atoms with E-state index in [-0.39, 0.29) is 0 Å². The largest absolute Gasteiger partial charge is 0.338 e. The highest BCUT2D eigenvalue weighted by Crippen LogP contribution is 2.24. The van der Waals surface area contributed by atoms with Gasteiger partial charge >= 0.3 is 0 Å². The van der Waals surface area contributed by atoms with E-state index in [9.17, 15) is 0 Å². The number of hydrogen-bond donors (Lipinski definition) is 1. The summed E-state index contributed by atoms with van der Waals surface area (Å²) in [6, 6.07) is 14.4. The first-order chi connectivity index (χ1) is 13.3. The lowest BCUT2D eigenvalue weighted by molar-refractivity contribution is 0.732. The zero-order chi connectivity index (χ0) is 18.2. The van der Waals surface area contributed by atoms with Gasteiger partial charge in [0.1, 0.15) is 0 Å². The monoisotopic (exact) mass is 375 g/mol. The van der Waals surface area contributed by atoms with Crippen LogP contribution in [0.15, 0.2) is 54.9 Å². The van der Waals surface area contributed by atoms with Crippen LogP contribution in [0.5, 0.6) is 0 Å². The number of aryl methyl sites for hydroxylation is 1. The van der Waals surface area contributed by atoms with Crippen LogP contribution in [0.1, 0.15) is 18.3 Å². The topological polar surface area (TPSA) is 72.9 Å². The third-order valence-corrected chi connectivity index (χ3v) is 5.31. The lowest BCUT2D eigenvalue weighted by Gasteiger charge is -2.04. The molecule has 0 aliphatic heterocycles. The van der Waals surface area contributed by atoms with E-state index in [0.29, 0.717) is 6.54 Å². The second kappa shape index (κ2) is 6.48. The van der Waals surface area contributed by atoms with Gasteiger partial charge in [0.15, 0.2) is 5.82 Å². The van der Waals surface area contributed by atoms with Crippen LogP contribution < -0.4 is 5.32 Å². The Hall–Kier alpha value is -3.26. The van der Waals surface area contributed by atoms with Crippen molar-refractivity contribution < 1.29 is 0 Å². The van der Waals surface area contributed by atoms with Crippen molar-refractivity contribution in [3.63, 3.8) is 0 Å². The normalized spacial score (nSPS) is 11.4. The summed E-state index contributed by atoms with van der Waals surface area (Å²) in [6.45, 7) is 2.74. The predicted molar refractivity (Wildman–Crippen MR) is 107 cm³/mol. The summed E-state index contributed by atoms with van der Waals surface area (Å²) in [4.78, 5) is 5.14. The lowest BCUT2D eigenvalue weighted by atomic mass is 10.1. The highest BCUT2D eigenvalue weighted by molar-refractivity contribution is 7.20. The van der Waals surface area contributed by atoms with Crippen molar-refractivity contribution in [1.82, 2.24) is 29.4 Å². The summed E-state index contributed by atoms with van der Waals surface area (Å²) >= 11 is 1.49. The zero-order valence-corrected chi connectivity index (χ0v) is 15.5. The van der Waals surface area contributed by atoms with Crippen LogP contribution >= 0.6 is 11.3 Å². The highest BCUT2D eigenvalue weighted by atomic mass is 32.1. The first kappa shape index (κ1) is 16.0. The Kier molecular flexibility index (Phi) is 3.83. The van der Waals surface area contributed by atoms with Crippen molar-refractivity contribution in [2.45, 2.75) is 19.9 Å². The van der Waals surface area contributed by atoms with Crippen LogP contribution in [-0.4, -0.2) is 29.4 Å². The lowest BCUT2D eigenvalue weighted by Crippen LogP contribution is -2.04. The fourth-order valence-electron chi connectivity index (χ4n) is 3.11. The second-order valence-corrected chi connectivity index (χ2v) is 7.20. The quantitative estimate of drug-likeness (QED) is 0.504. The molecule has 4 aromatic heterocycles. The van der Waals surface area contributed by atoms with Gasteiger partial charge < -0.3 is 9.88 Å². The molecule has 0 unspecified atom stereocenters. The number of benzene rings is 1. The van der Waals surface area contributed by atoms with E-state index in [1.807, 2.05) is 24.4 Å². The van der Waals surface area contributed by atoms with E-state index in [2.05, 4.69) is 61.4 Å². The molecule has 1 aromatic carbocycles. The standard InChI is InChI=1S/C19H17N7S/c1-2-13-5-3-6-14(11-13)21-18-24-26-17(22-23-19(26)27-18)12-25-10-8-15-16(25)7-4-9-20-15/h3-11H,2,12H2,1H3,(H,21,24). The van der Waals surface area contributed by atoms with Gasteiger partial charge in [-0.1, -0.05) is 30.4 Å². The number of aromatic nitrogens is 6. The maximum Gasteiger partial charge on any atom is 0.236 e. The predicted octanol–water partition coefficient (Wildman–Crippen LogP) is 3.89. The van der Waals surface area contributed by atoms with Gasteiger partial charge in [0.05, 0.1) is 17.6 Å². The zero-order valence-electron chi connectivity index (χ0n) is 14.7. The van der Waals surface area contributed by atoms with Gasteiger partial charge in [-0.15, -0.1) is 15.3 Å². The molecule has 0 bridgehead atoms. The van der Waals surface area contributed by atoms with Crippen LogP contribution in [0.3, 0.4) is 0 Å². The third kappa shape index (κ3) is 2.93. The molecule has 4 heterocycles. The molecule has 0 saturated heterocycles. The number of hydrogen-bond acceptors (Lipinski definition) is 6. The van der Waals surface area contributed by atoms with Gasteiger partial charge in [0, 0.05) is 18.1 Å². The van der Waals surface area contributed by atoms with Gasteiger partial charge in [0.25, 0.3) is 0 Å². The molecular weight excluding hydrogens is 358 g/mol. The maximum atomic E-state index is 4.65. The molecular formula is C19H17N7S. The molecule has 0 spiro atoms. The van der Waals surface area contributed by atoms with Gasteiger partial charge in [-0.05, 0) is 42.3 Å². The van der Waals surface area contributed by atoms with E-state index in [1.165, 1.54) is 16.9 Å². The Labute approximate surface area is 159 Å². The molecule has 8 heteroatoms. The van der Waals surface area contributed by atoms with E-state index in [4.69, 9.17) is 0 Å². The molecule has 5 rings (SSSR count). The van der Waals surface area contributed by atoms with Crippen molar-refractivity contribution >= 4 is 38.2 Å². The van der Waals surface area contributed by atoms with E-state index in [0.717, 1.165) is 39.1 Å². The number of fused-ring (bicyclic) bond motifs is 2. The summed E-state index contributed by atoms with van der Waals surface area (Å²) < 4.78 is 3.91. The second-order valence-electron chi connectivity index (χ2n) is 6.25. The molecule has 134 valence electrons. The Balaban J connectivity index is 1.44. The minimum Gasteiger partial charge on any atom is -0.338 e. The fourth-order valence-corrected chi connectivity index (χ4v) is 3.89. The number of anilines is 2. The smallest absolute Gasteiger partial charge is 0.236 e. The molecule has 0 amide bonds. The first-order valence-electron chi connectivity index (χ1n) is 8.77. The molecule has 0 aliphatic rings. The first-order valence-corrected chi connectivity index (χ1v) is 9.59. The Morgan fingerprint density at radius 2 is 2.07 bits per heavy atom. The number of nitrogens with zero attached hydrogens (tertiary/aromatic N) is 6. The average molecular weight is 375 g/mol. The summed E-state index contributed by atoms with van der Waals surface area (Å²) in [5.74, 6) is 0.790. The summed E-state index contributed by atoms with van der Waals surface area (Å²) in [6.07, 6.45) is 4.82. The van der Waals surface area contributed by atoms with Crippen LogP contribution in [-0.2, 0) is 13.0 Å². The molecule has 0 atom stereocenters. The molecule has 1 N–H and O–H groups in total. The summed E-state index contributed by atoms with van der Waals surface area (Å²) in [7, 11) is 0. The molecule has 5 aromatic rings. The van der Waals surface area contributed by atoms with E-state index < -0.39 is 0 Å². The average Bonchev–Trinajstić information content (AvgIpc) is 3.38. The number of rotatable bonds is 5. The molecule has 0 fully saturated rings. The Bertz CT molecular complexity index is 1230. The minimum atomic E-state index is 0.588. The van der Waals surface area contributed by atoms with Crippen molar-refractivity contribution in [3.05, 3.63) is 66.2 Å². The molecule has 0 aliphatic carbocycles. The van der Waals surface area contributed by atoms with Crippen molar-refractivity contribution in [2.75, 3.05) is 5.32 Å². The van der Waals surface area contributed by atoms with Gasteiger partial charge in [-0.25, -0.2) is 0 Å². The van der Waals surface area contributed by atoms with Crippen LogP contribution in [0, 0.1) is 0 Å². The molecule has 0 radical (unpaired) electrons. The number of pyridine rings is 1. The minimum absolute atomic E-state index is 0.588. The van der Waals surface area contributed by atoms with Crippen LogP contribution in [0.25, 0.3) is 16.0 Å². The van der Waals surface area contributed by atoms with Crippen molar-refractivity contribution in [1.29, 1.82) is 0 Å². The Morgan fingerprint density at radius 1 is 1.11 bits per heavy atom. The maximum absolute atomic E-state index is 4.65. The fraction of sp³-hybridized carbons (Fsp3) is 0.158. The summed E-state index contributed by atoms with van der Waals surface area (Å²) in [5.41, 5.74) is 4.36. The third-order valence-electron chi connectivity index (χ3n) is 4.49. The SMILES string of the molecule is CCc1cccc(Nc2nn3c(Cn4ccc5ncccc54)nnc3s2)c1. The van der Waals surface area contributed by atoms with Gasteiger partial charge in [-0.3, -0.25) is 4.98 Å². The van der Waals surface area contributed by atoms with Gasteiger partial charge in [0.2, 0.25) is 10.1 Å². The highest BCUT2D eigenvalue weighted by Gasteiger charge is 2.13.